The SMILES string of the molecule is C=Cc1c(C=C)c(-c2ccc(Br)cc2)c2ccccc2c1-c1ccccc1. The molecular formula is C26H19Br. The summed E-state index contributed by atoms with van der Waals surface area (Å²) in [6, 6.07) is 27.5. The van der Waals surface area contributed by atoms with Crippen LogP contribution >= 0.6 is 15.9 Å². The molecule has 0 nitrogen and oxygen atoms in total. The average Bonchev–Trinajstić information content (AvgIpc) is 2.73. The van der Waals surface area contributed by atoms with Crippen LogP contribution in [-0.4, -0.2) is 0 Å². The zero-order chi connectivity index (χ0) is 18.8. The highest BCUT2D eigenvalue weighted by Crippen LogP contribution is 2.43. The summed E-state index contributed by atoms with van der Waals surface area (Å²) >= 11 is 3.54. The quantitative estimate of drug-likeness (QED) is 0.317. The Morgan fingerprint density at radius 3 is 1.48 bits per heavy atom. The van der Waals surface area contributed by atoms with Crippen LogP contribution in [0.2, 0.25) is 0 Å². The Hall–Kier alpha value is -2.90. The Morgan fingerprint density at radius 2 is 1.00 bits per heavy atom. The Bertz CT molecular complexity index is 1140. The molecule has 0 aliphatic heterocycles. The van der Waals surface area contributed by atoms with Crippen LogP contribution in [0, 0.1) is 0 Å². The molecule has 0 spiro atoms. The van der Waals surface area contributed by atoms with Gasteiger partial charge in [0, 0.05) is 4.47 Å². The number of halogens is 1. The predicted molar refractivity (Wildman–Crippen MR) is 123 cm³/mol. The molecule has 27 heavy (non-hydrogen) atoms. The third kappa shape index (κ3) is 3.05. The normalized spacial score (nSPS) is 10.7. The molecule has 0 radical (unpaired) electrons. The number of hydrogen-bond donors (Lipinski definition) is 0. The molecule has 0 bridgehead atoms. The summed E-state index contributed by atoms with van der Waals surface area (Å²) in [6.07, 6.45) is 3.90. The van der Waals surface area contributed by atoms with Gasteiger partial charge in [-0.25, -0.2) is 0 Å². The van der Waals surface area contributed by atoms with Crippen LogP contribution < -0.4 is 0 Å². The minimum atomic E-state index is 1.07. The summed E-state index contributed by atoms with van der Waals surface area (Å²) in [5.41, 5.74) is 7.00. The van der Waals surface area contributed by atoms with Crippen molar-refractivity contribution in [2.45, 2.75) is 0 Å². The lowest BCUT2D eigenvalue weighted by Crippen LogP contribution is -1.95. The van der Waals surface area contributed by atoms with E-state index in [2.05, 4.69) is 102 Å². The first kappa shape index (κ1) is 17.5. The Kier molecular flexibility index (Phi) is 4.79. The van der Waals surface area contributed by atoms with Crippen LogP contribution in [0.5, 0.6) is 0 Å². The van der Waals surface area contributed by atoms with Crippen molar-refractivity contribution in [3.8, 4) is 22.3 Å². The predicted octanol–water partition coefficient (Wildman–Crippen LogP) is 8.22. The second-order valence-electron chi connectivity index (χ2n) is 6.40. The van der Waals surface area contributed by atoms with Crippen LogP contribution in [0.3, 0.4) is 0 Å². The van der Waals surface area contributed by atoms with Crippen LogP contribution in [0.25, 0.3) is 45.2 Å². The smallest absolute Gasteiger partial charge is 0.0175 e. The topological polar surface area (TPSA) is 0 Å². The summed E-state index contributed by atoms with van der Waals surface area (Å²) < 4.78 is 1.07. The number of fused-ring (bicyclic) bond motifs is 1. The van der Waals surface area contributed by atoms with E-state index in [0.717, 1.165) is 15.6 Å². The summed E-state index contributed by atoms with van der Waals surface area (Å²) in [5, 5.41) is 2.45. The van der Waals surface area contributed by atoms with Crippen molar-refractivity contribution in [3.63, 3.8) is 0 Å². The van der Waals surface area contributed by atoms with Gasteiger partial charge in [-0.15, -0.1) is 0 Å². The molecule has 0 saturated carbocycles. The summed E-state index contributed by atoms with van der Waals surface area (Å²) in [6.45, 7) is 8.25. The first-order valence-electron chi connectivity index (χ1n) is 8.89. The number of hydrogen-bond acceptors (Lipinski definition) is 0. The second-order valence-corrected chi connectivity index (χ2v) is 7.32. The van der Waals surface area contributed by atoms with Crippen molar-refractivity contribution in [1.29, 1.82) is 0 Å². The fourth-order valence-corrected chi connectivity index (χ4v) is 4.01. The van der Waals surface area contributed by atoms with E-state index in [1.165, 1.54) is 33.0 Å². The molecule has 0 amide bonds. The molecule has 0 aliphatic rings. The molecular weight excluding hydrogens is 392 g/mol. The molecule has 0 heterocycles. The van der Waals surface area contributed by atoms with Gasteiger partial charge in [-0.1, -0.05) is 108 Å². The molecule has 4 aromatic carbocycles. The average molecular weight is 411 g/mol. The molecule has 1 heteroatoms. The molecule has 0 N–H and O–H groups in total. The Balaban J connectivity index is 2.19. The fourth-order valence-electron chi connectivity index (χ4n) is 3.75. The molecule has 0 aliphatic carbocycles. The van der Waals surface area contributed by atoms with Crippen LogP contribution in [-0.2, 0) is 0 Å². The fraction of sp³-hybridized carbons (Fsp3) is 0. The molecule has 0 atom stereocenters. The van der Waals surface area contributed by atoms with Gasteiger partial charge in [-0.05, 0) is 56.3 Å². The minimum Gasteiger partial charge on any atom is -0.0984 e. The van der Waals surface area contributed by atoms with Crippen molar-refractivity contribution < 1.29 is 0 Å². The van der Waals surface area contributed by atoms with Crippen LogP contribution in [0.4, 0.5) is 0 Å². The maximum Gasteiger partial charge on any atom is 0.0175 e. The van der Waals surface area contributed by atoms with E-state index >= 15 is 0 Å². The van der Waals surface area contributed by atoms with Gasteiger partial charge in [-0.3, -0.25) is 0 Å². The van der Waals surface area contributed by atoms with E-state index in [-0.39, 0.29) is 0 Å². The van der Waals surface area contributed by atoms with Gasteiger partial charge in [0.25, 0.3) is 0 Å². The first-order chi connectivity index (χ1) is 13.2. The van der Waals surface area contributed by atoms with Crippen molar-refractivity contribution >= 4 is 38.9 Å². The molecule has 0 saturated heterocycles. The van der Waals surface area contributed by atoms with Crippen molar-refractivity contribution in [3.05, 3.63) is 108 Å². The van der Waals surface area contributed by atoms with Gasteiger partial charge >= 0.3 is 0 Å². The van der Waals surface area contributed by atoms with Gasteiger partial charge in [-0.2, -0.15) is 0 Å². The van der Waals surface area contributed by atoms with E-state index in [4.69, 9.17) is 0 Å². The lowest BCUT2D eigenvalue weighted by Gasteiger charge is -2.20. The minimum absolute atomic E-state index is 1.07. The largest absolute Gasteiger partial charge is 0.0984 e. The third-order valence-corrected chi connectivity index (χ3v) is 5.43. The van der Waals surface area contributed by atoms with Crippen molar-refractivity contribution in [1.82, 2.24) is 0 Å². The van der Waals surface area contributed by atoms with Gasteiger partial charge in [0.1, 0.15) is 0 Å². The molecule has 0 unspecified atom stereocenters. The lowest BCUT2D eigenvalue weighted by atomic mass is 9.83. The van der Waals surface area contributed by atoms with Crippen molar-refractivity contribution in [2.24, 2.45) is 0 Å². The zero-order valence-corrected chi connectivity index (χ0v) is 16.5. The molecule has 0 aromatic heterocycles. The van der Waals surface area contributed by atoms with E-state index < -0.39 is 0 Å². The summed E-state index contributed by atoms with van der Waals surface area (Å²) in [4.78, 5) is 0. The van der Waals surface area contributed by atoms with Crippen LogP contribution in [0.15, 0.2) is 96.5 Å². The van der Waals surface area contributed by atoms with E-state index in [1.807, 2.05) is 18.2 Å². The van der Waals surface area contributed by atoms with Crippen molar-refractivity contribution in [2.75, 3.05) is 0 Å². The molecule has 4 rings (SSSR count). The summed E-state index contributed by atoms with van der Waals surface area (Å²) in [7, 11) is 0. The standard InChI is InChI=1S/C26H19Br/c1-3-21-22(4-2)26(19-14-16-20(27)17-15-19)24-13-9-8-12-23(24)25(21)18-10-6-5-7-11-18/h3-17H,1-2H2. The highest BCUT2D eigenvalue weighted by molar-refractivity contribution is 9.10. The van der Waals surface area contributed by atoms with E-state index in [9.17, 15) is 0 Å². The zero-order valence-electron chi connectivity index (χ0n) is 15.0. The lowest BCUT2D eigenvalue weighted by molar-refractivity contribution is 1.57. The van der Waals surface area contributed by atoms with E-state index in [0.29, 0.717) is 0 Å². The molecule has 130 valence electrons. The third-order valence-electron chi connectivity index (χ3n) is 4.90. The summed E-state index contributed by atoms with van der Waals surface area (Å²) in [5.74, 6) is 0. The van der Waals surface area contributed by atoms with Gasteiger partial charge in [0.2, 0.25) is 0 Å². The van der Waals surface area contributed by atoms with Gasteiger partial charge in [0.15, 0.2) is 0 Å². The maximum atomic E-state index is 4.13. The van der Waals surface area contributed by atoms with Gasteiger partial charge in [0.05, 0.1) is 0 Å². The molecule has 4 aromatic rings. The Morgan fingerprint density at radius 1 is 0.556 bits per heavy atom. The Labute approximate surface area is 168 Å². The maximum absolute atomic E-state index is 4.13. The monoisotopic (exact) mass is 410 g/mol. The number of benzene rings is 4. The highest BCUT2D eigenvalue weighted by Gasteiger charge is 2.18. The molecule has 0 fully saturated rings. The van der Waals surface area contributed by atoms with Gasteiger partial charge < -0.3 is 0 Å². The van der Waals surface area contributed by atoms with E-state index in [1.54, 1.807) is 0 Å². The highest BCUT2D eigenvalue weighted by atomic mass is 79.9. The van der Waals surface area contributed by atoms with Crippen LogP contribution in [0.1, 0.15) is 11.1 Å². The first-order valence-corrected chi connectivity index (χ1v) is 9.69. The second kappa shape index (κ2) is 7.38. The number of rotatable bonds is 4.